The van der Waals surface area contributed by atoms with E-state index in [0.29, 0.717) is 37.2 Å². The molecule has 3 heterocycles. The largest absolute Gasteiger partial charge is 0.299 e. The van der Waals surface area contributed by atoms with E-state index in [9.17, 15) is 9.59 Å². The van der Waals surface area contributed by atoms with E-state index in [0.717, 1.165) is 28.2 Å². The van der Waals surface area contributed by atoms with E-state index in [1.165, 1.54) is 0 Å². The molecule has 2 aromatic carbocycles. The topological polar surface area (TPSA) is 110 Å². The first-order chi connectivity index (χ1) is 18.0. The zero-order valence-electron chi connectivity index (χ0n) is 20.5. The quantitative estimate of drug-likeness (QED) is 0.300. The van der Waals surface area contributed by atoms with Crippen molar-refractivity contribution in [3.05, 3.63) is 102 Å². The highest BCUT2D eigenvalue weighted by Crippen LogP contribution is 2.22. The van der Waals surface area contributed by atoms with Crippen LogP contribution in [-0.4, -0.2) is 41.2 Å². The molecule has 0 aliphatic heterocycles. The van der Waals surface area contributed by atoms with Crippen molar-refractivity contribution in [3.63, 3.8) is 0 Å². The van der Waals surface area contributed by atoms with Gasteiger partial charge in [0.2, 0.25) is 5.95 Å². The Morgan fingerprint density at radius 2 is 1.86 bits per heavy atom. The summed E-state index contributed by atoms with van der Waals surface area (Å²) in [5, 5.41) is 13.9. The maximum atomic E-state index is 13.2. The van der Waals surface area contributed by atoms with E-state index in [-0.39, 0.29) is 11.7 Å². The minimum absolute atomic E-state index is 0.147. The molecule has 3 aromatic heterocycles. The van der Waals surface area contributed by atoms with Crippen molar-refractivity contribution in [2.45, 2.75) is 25.7 Å². The number of rotatable bonds is 10. The minimum atomic E-state index is -0.255. The number of benzene rings is 2. The summed E-state index contributed by atoms with van der Waals surface area (Å²) in [6.07, 6.45) is 9.31. The Hall–Kier alpha value is -4.79. The van der Waals surface area contributed by atoms with Crippen LogP contribution in [0.15, 0.2) is 85.5 Å². The first kappa shape index (κ1) is 23.9. The number of amides is 1. The second kappa shape index (κ2) is 10.9. The predicted octanol–water partition coefficient (Wildman–Crippen LogP) is 4.38. The van der Waals surface area contributed by atoms with Crippen LogP contribution < -0.4 is 5.32 Å². The molecule has 0 atom stereocenters. The van der Waals surface area contributed by atoms with Crippen LogP contribution in [0.3, 0.4) is 0 Å². The summed E-state index contributed by atoms with van der Waals surface area (Å²) in [5.74, 6) is 0.324. The highest BCUT2D eigenvalue weighted by Gasteiger charge is 2.15. The van der Waals surface area contributed by atoms with Gasteiger partial charge in [-0.3, -0.25) is 29.3 Å². The number of aromatic nitrogens is 6. The van der Waals surface area contributed by atoms with E-state index >= 15 is 0 Å². The van der Waals surface area contributed by atoms with E-state index < -0.39 is 0 Å². The molecule has 0 bridgehead atoms. The summed E-state index contributed by atoms with van der Waals surface area (Å²) >= 11 is 0. The summed E-state index contributed by atoms with van der Waals surface area (Å²) in [6.45, 7) is 0. The Morgan fingerprint density at radius 1 is 1.00 bits per heavy atom. The number of carbonyl (C=O) groups excluding carboxylic acids is 2. The Morgan fingerprint density at radius 3 is 2.62 bits per heavy atom. The number of hydrogen-bond acceptors (Lipinski definition) is 5. The molecule has 186 valence electrons. The predicted molar refractivity (Wildman–Crippen MR) is 140 cm³/mol. The fraction of sp³-hybridized carbons (Fsp3) is 0.179. The number of nitrogens with zero attached hydrogens (tertiary/aromatic N) is 5. The van der Waals surface area contributed by atoms with Gasteiger partial charge >= 0.3 is 0 Å². The van der Waals surface area contributed by atoms with Crippen LogP contribution in [0.2, 0.25) is 0 Å². The molecule has 0 aliphatic carbocycles. The Labute approximate surface area is 214 Å². The van der Waals surface area contributed by atoms with Crippen LogP contribution in [0, 0.1) is 0 Å². The van der Waals surface area contributed by atoms with Crippen LogP contribution in [0.1, 0.15) is 34.6 Å². The molecule has 0 saturated heterocycles. The number of imidazole rings is 1. The van der Waals surface area contributed by atoms with Gasteiger partial charge in [0.1, 0.15) is 5.78 Å². The van der Waals surface area contributed by atoms with Gasteiger partial charge in [0.25, 0.3) is 5.91 Å². The smallest absolute Gasteiger partial charge is 0.258 e. The molecule has 9 nitrogen and oxygen atoms in total. The lowest BCUT2D eigenvalue weighted by Gasteiger charge is -2.09. The van der Waals surface area contributed by atoms with Gasteiger partial charge in [-0.15, -0.1) is 0 Å². The van der Waals surface area contributed by atoms with Crippen molar-refractivity contribution in [2.75, 3.05) is 5.32 Å². The number of carbonyl (C=O) groups is 2. The normalized spacial score (nSPS) is 10.9. The Balaban J connectivity index is 1.31. The summed E-state index contributed by atoms with van der Waals surface area (Å²) in [4.78, 5) is 30.2. The number of hydrogen-bond donors (Lipinski definition) is 2. The molecule has 0 fully saturated rings. The number of nitrogens with one attached hydrogen (secondary N) is 2. The van der Waals surface area contributed by atoms with Crippen molar-refractivity contribution in [3.8, 4) is 16.8 Å². The third-order valence-corrected chi connectivity index (χ3v) is 6.01. The van der Waals surface area contributed by atoms with E-state index in [2.05, 4.69) is 20.6 Å². The van der Waals surface area contributed by atoms with Gasteiger partial charge in [-0.2, -0.15) is 10.2 Å². The van der Waals surface area contributed by atoms with Gasteiger partial charge in [0.15, 0.2) is 0 Å². The van der Waals surface area contributed by atoms with Crippen LogP contribution in [0.4, 0.5) is 5.95 Å². The average molecular weight is 494 g/mol. The molecule has 5 aromatic rings. The third kappa shape index (κ3) is 5.90. The van der Waals surface area contributed by atoms with Crippen LogP contribution >= 0.6 is 0 Å². The number of aromatic amines is 1. The zero-order valence-corrected chi connectivity index (χ0v) is 20.5. The first-order valence-electron chi connectivity index (χ1n) is 12.1. The number of Topliss-reactive ketones (excluding diaryl/α,β-unsaturated/α-hetero) is 1. The van der Waals surface area contributed by atoms with Gasteiger partial charge < -0.3 is 0 Å². The fourth-order valence-electron chi connectivity index (χ4n) is 4.16. The molecular formula is C28H27N7O2. The van der Waals surface area contributed by atoms with Crippen molar-refractivity contribution >= 4 is 17.6 Å². The van der Waals surface area contributed by atoms with Crippen molar-refractivity contribution < 1.29 is 9.59 Å². The highest BCUT2D eigenvalue weighted by atomic mass is 16.1. The average Bonchev–Trinajstić information content (AvgIpc) is 3.67. The first-order valence-corrected chi connectivity index (χ1v) is 12.1. The maximum absolute atomic E-state index is 13.2. The summed E-state index contributed by atoms with van der Waals surface area (Å²) < 4.78 is 3.59. The lowest BCUT2D eigenvalue weighted by Crippen LogP contribution is -2.15. The molecule has 2 N–H and O–H groups in total. The van der Waals surface area contributed by atoms with Crippen LogP contribution in [0.5, 0.6) is 0 Å². The van der Waals surface area contributed by atoms with E-state index in [1.807, 2.05) is 72.5 Å². The zero-order chi connectivity index (χ0) is 25.6. The number of anilines is 1. The number of para-hydroxylation sites is 1. The highest BCUT2D eigenvalue weighted by molar-refractivity contribution is 6.04. The van der Waals surface area contributed by atoms with Gasteiger partial charge in [-0.25, -0.2) is 4.98 Å². The molecule has 9 heteroatoms. The molecule has 0 radical (unpaired) electrons. The fourth-order valence-corrected chi connectivity index (χ4v) is 4.16. The molecule has 0 spiro atoms. The maximum Gasteiger partial charge on any atom is 0.258 e. The monoisotopic (exact) mass is 493 g/mol. The van der Waals surface area contributed by atoms with E-state index in [4.69, 9.17) is 4.98 Å². The molecule has 5 rings (SSSR count). The summed E-state index contributed by atoms with van der Waals surface area (Å²) in [6, 6.07) is 19.0. The number of aryl methyl sites for hydroxylation is 2. The van der Waals surface area contributed by atoms with Crippen molar-refractivity contribution in [2.24, 2.45) is 7.05 Å². The van der Waals surface area contributed by atoms with Crippen LogP contribution in [0.25, 0.3) is 16.8 Å². The van der Waals surface area contributed by atoms with Gasteiger partial charge in [0, 0.05) is 61.0 Å². The van der Waals surface area contributed by atoms with Gasteiger partial charge in [0.05, 0.1) is 11.9 Å². The lowest BCUT2D eigenvalue weighted by molar-refractivity contribution is -0.118. The third-order valence-electron chi connectivity index (χ3n) is 6.01. The molecule has 37 heavy (non-hydrogen) atoms. The minimum Gasteiger partial charge on any atom is -0.299 e. The lowest BCUT2D eigenvalue weighted by atomic mass is 10.1. The standard InChI is InChI=1S/C28H27N7O2/c1-34-18-22(17-30-34)20-7-5-8-21(15-20)27(37)32-28-31-24(19-35(28)25-10-3-2-4-11-25)9-6-12-26(36)16-23-13-14-29-33-23/h2-5,7-8,10-11,13-15,17-19H,6,9,12,16H2,1H3,(H,29,33)(H,31,32,37). The Kier molecular flexibility index (Phi) is 7.02. The van der Waals surface area contributed by atoms with Gasteiger partial charge in [-0.1, -0.05) is 30.3 Å². The van der Waals surface area contributed by atoms with Gasteiger partial charge in [-0.05, 0) is 48.7 Å². The number of ketones is 1. The molecule has 0 unspecified atom stereocenters. The Bertz CT molecular complexity index is 1500. The molecule has 1 amide bonds. The molecule has 0 saturated carbocycles. The van der Waals surface area contributed by atoms with Crippen molar-refractivity contribution in [1.29, 1.82) is 0 Å². The summed E-state index contributed by atoms with van der Waals surface area (Å²) in [7, 11) is 1.86. The second-order valence-corrected chi connectivity index (χ2v) is 8.85. The SMILES string of the molecule is Cn1cc(-c2cccc(C(=O)Nc3nc(CCCC(=O)Cc4ccn[nH]4)cn3-c3ccccc3)c2)cn1. The summed E-state index contributed by atoms with van der Waals surface area (Å²) in [5.41, 5.74) is 4.87. The molecular weight excluding hydrogens is 466 g/mol. The molecule has 0 aliphatic rings. The number of H-pyrrole nitrogens is 1. The van der Waals surface area contributed by atoms with Crippen LogP contribution in [-0.2, 0) is 24.7 Å². The second-order valence-electron chi connectivity index (χ2n) is 8.85. The van der Waals surface area contributed by atoms with Crippen molar-refractivity contribution in [1.82, 2.24) is 29.5 Å². The van der Waals surface area contributed by atoms with E-state index in [1.54, 1.807) is 29.2 Å².